The Morgan fingerprint density at radius 2 is 2.05 bits per heavy atom. The maximum Gasteiger partial charge on any atom is 0.240 e. The van der Waals surface area contributed by atoms with Crippen molar-refractivity contribution in [2.75, 3.05) is 13.6 Å². The predicted octanol–water partition coefficient (Wildman–Crippen LogP) is 0.748. The van der Waals surface area contributed by atoms with Crippen molar-refractivity contribution in [1.82, 2.24) is 10.0 Å². The summed E-state index contributed by atoms with van der Waals surface area (Å²) in [4.78, 5) is 11.4. The standard InChI is InChI=1S/C13H16FN3O3S/c1-13(2,12(18)16-3)8-17-21(19,20)10-4-5-11(14)9(6-10)7-15/h4-6,17H,8H2,1-3H3,(H,16,18). The van der Waals surface area contributed by atoms with Gasteiger partial charge in [0.2, 0.25) is 15.9 Å². The minimum absolute atomic E-state index is 0.131. The Balaban J connectivity index is 2.98. The third-order valence-electron chi connectivity index (χ3n) is 2.91. The Morgan fingerprint density at radius 1 is 1.43 bits per heavy atom. The van der Waals surface area contributed by atoms with Crippen molar-refractivity contribution in [3.8, 4) is 6.07 Å². The van der Waals surface area contributed by atoms with Crippen LogP contribution in [0.2, 0.25) is 0 Å². The molecule has 21 heavy (non-hydrogen) atoms. The molecular formula is C13H16FN3O3S. The van der Waals surface area contributed by atoms with Gasteiger partial charge in [0.15, 0.2) is 0 Å². The Bertz CT molecular complexity index is 693. The molecular weight excluding hydrogens is 297 g/mol. The van der Waals surface area contributed by atoms with Crippen LogP contribution in [-0.2, 0) is 14.8 Å². The molecule has 0 atom stereocenters. The average Bonchev–Trinajstić information content (AvgIpc) is 2.44. The molecule has 114 valence electrons. The van der Waals surface area contributed by atoms with Crippen molar-refractivity contribution in [3.05, 3.63) is 29.6 Å². The van der Waals surface area contributed by atoms with E-state index in [0.717, 1.165) is 18.2 Å². The van der Waals surface area contributed by atoms with Crippen LogP contribution in [0.25, 0.3) is 0 Å². The Labute approximate surface area is 123 Å². The number of rotatable bonds is 5. The van der Waals surface area contributed by atoms with E-state index >= 15 is 0 Å². The summed E-state index contributed by atoms with van der Waals surface area (Å²) in [6, 6.07) is 4.50. The van der Waals surface area contributed by atoms with Gasteiger partial charge in [0, 0.05) is 13.6 Å². The summed E-state index contributed by atoms with van der Waals surface area (Å²) in [5.74, 6) is -1.11. The number of amides is 1. The number of nitriles is 1. The van der Waals surface area contributed by atoms with Gasteiger partial charge in [-0.15, -0.1) is 0 Å². The van der Waals surface area contributed by atoms with E-state index in [2.05, 4.69) is 10.0 Å². The summed E-state index contributed by atoms with van der Waals surface area (Å²) in [5.41, 5.74) is -1.30. The number of carbonyl (C=O) groups excluding carboxylic acids is 1. The van der Waals surface area contributed by atoms with Crippen LogP contribution in [0.5, 0.6) is 0 Å². The molecule has 0 aromatic heterocycles. The molecule has 8 heteroatoms. The maximum absolute atomic E-state index is 13.2. The van der Waals surface area contributed by atoms with Crippen LogP contribution in [0.15, 0.2) is 23.1 Å². The lowest BCUT2D eigenvalue weighted by Crippen LogP contribution is -2.43. The lowest BCUT2D eigenvalue weighted by Gasteiger charge is -2.22. The van der Waals surface area contributed by atoms with Gasteiger partial charge in [-0.25, -0.2) is 17.5 Å². The van der Waals surface area contributed by atoms with Gasteiger partial charge in [-0.05, 0) is 32.0 Å². The fourth-order valence-electron chi connectivity index (χ4n) is 1.53. The van der Waals surface area contributed by atoms with E-state index in [0.29, 0.717) is 0 Å². The van der Waals surface area contributed by atoms with Crippen LogP contribution in [0, 0.1) is 22.6 Å². The Hall–Kier alpha value is -1.98. The number of nitrogens with one attached hydrogen (secondary N) is 2. The first kappa shape index (κ1) is 17.1. The fraction of sp³-hybridized carbons (Fsp3) is 0.385. The largest absolute Gasteiger partial charge is 0.359 e. The van der Waals surface area contributed by atoms with Gasteiger partial charge < -0.3 is 5.32 Å². The van der Waals surface area contributed by atoms with Crippen LogP contribution >= 0.6 is 0 Å². The number of nitrogens with zero attached hydrogens (tertiary/aromatic N) is 1. The monoisotopic (exact) mass is 313 g/mol. The zero-order chi connectivity index (χ0) is 16.3. The van der Waals surface area contributed by atoms with E-state index in [1.54, 1.807) is 19.9 Å². The van der Waals surface area contributed by atoms with Crippen molar-refractivity contribution in [2.24, 2.45) is 5.41 Å². The Kier molecular flexibility index (Phi) is 5.04. The molecule has 1 aromatic carbocycles. The first-order valence-corrected chi connectivity index (χ1v) is 7.54. The molecule has 0 heterocycles. The molecule has 0 saturated carbocycles. The Morgan fingerprint density at radius 3 is 2.57 bits per heavy atom. The van der Waals surface area contributed by atoms with E-state index in [1.165, 1.54) is 7.05 Å². The van der Waals surface area contributed by atoms with Crippen LogP contribution in [-0.4, -0.2) is 27.9 Å². The van der Waals surface area contributed by atoms with E-state index in [1.807, 2.05) is 0 Å². The SMILES string of the molecule is CNC(=O)C(C)(C)CNS(=O)(=O)c1ccc(F)c(C#N)c1. The molecule has 1 aromatic rings. The molecule has 1 rings (SSSR count). The highest BCUT2D eigenvalue weighted by Crippen LogP contribution is 2.17. The second kappa shape index (κ2) is 6.20. The second-order valence-electron chi connectivity index (χ2n) is 5.04. The summed E-state index contributed by atoms with van der Waals surface area (Å²) in [5, 5.41) is 11.2. The molecule has 6 nitrogen and oxygen atoms in total. The highest BCUT2D eigenvalue weighted by Gasteiger charge is 2.29. The molecule has 0 aliphatic rings. The summed E-state index contributed by atoms with van der Waals surface area (Å²) in [7, 11) is -2.48. The zero-order valence-corrected chi connectivity index (χ0v) is 12.7. The summed E-state index contributed by atoms with van der Waals surface area (Å²) < 4.78 is 39.7. The van der Waals surface area contributed by atoms with E-state index in [9.17, 15) is 17.6 Å². The third-order valence-corrected chi connectivity index (χ3v) is 4.31. The first-order valence-electron chi connectivity index (χ1n) is 6.05. The van der Waals surface area contributed by atoms with E-state index in [4.69, 9.17) is 5.26 Å². The molecule has 2 N–H and O–H groups in total. The molecule has 0 radical (unpaired) electrons. The average molecular weight is 313 g/mol. The number of sulfonamides is 1. The number of hydrogen-bond acceptors (Lipinski definition) is 4. The quantitative estimate of drug-likeness (QED) is 0.838. The van der Waals surface area contributed by atoms with Crippen molar-refractivity contribution in [2.45, 2.75) is 18.7 Å². The van der Waals surface area contributed by atoms with Crippen molar-refractivity contribution >= 4 is 15.9 Å². The van der Waals surface area contributed by atoms with Gasteiger partial charge in [-0.1, -0.05) is 0 Å². The molecule has 0 aliphatic heterocycles. The van der Waals surface area contributed by atoms with Gasteiger partial charge in [0.1, 0.15) is 11.9 Å². The van der Waals surface area contributed by atoms with Crippen molar-refractivity contribution in [3.63, 3.8) is 0 Å². The van der Waals surface area contributed by atoms with Crippen molar-refractivity contribution < 1.29 is 17.6 Å². The highest BCUT2D eigenvalue weighted by atomic mass is 32.2. The maximum atomic E-state index is 13.2. The second-order valence-corrected chi connectivity index (χ2v) is 6.81. The molecule has 0 fully saturated rings. The van der Waals surface area contributed by atoms with Crippen molar-refractivity contribution in [1.29, 1.82) is 5.26 Å². The normalized spacial score (nSPS) is 11.8. The smallest absolute Gasteiger partial charge is 0.240 e. The number of carbonyl (C=O) groups is 1. The van der Waals surface area contributed by atoms with Gasteiger partial charge in [-0.2, -0.15) is 5.26 Å². The van der Waals surface area contributed by atoms with Gasteiger partial charge in [0.25, 0.3) is 0 Å². The van der Waals surface area contributed by atoms with Gasteiger partial charge >= 0.3 is 0 Å². The topological polar surface area (TPSA) is 99.1 Å². The number of halogens is 1. The van der Waals surface area contributed by atoms with E-state index < -0.39 is 21.3 Å². The lowest BCUT2D eigenvalue weighted by molar-refractivity contribution is -0.128. The fourth-order valence-corrected chi connectivity index (χ4v) is 2.77. The molecule has 0 saturated heterocycles. The van der Waals surface area contributed by atoms with Gasteiger partial charge in [0.05, 0.1) is 15.9 Å². The molecule has 0 aliphatic carbocycles. The van der Waals surface area contributed by atoms with Gasteiger partial charge in [-0.3, -0.25) is 4.79 Å². The highest BCUT2D eigenvalue weighted by molar-refractivity contribution is 7.89. The molecule has 1 amide bonds. The van der Waals surface area contributed by atoms with Crippen LogP contribution in [0.3, 0.4) is 0 Å². The summed E-state index contributed by atoms with van der Waals surface area (Å²) >= 11 is 0. The van der Waals surface area contributed by atoms with Crippen LogP contribution in [0.1, 0.15) is 19.4 Å². The zero-order valence-electron chi connectivity index (χ0n) is 11.9. The minimum atomic E-state index is -3.93. The summed E-state index contributed by atoms with van der Waals surface area (Å²) in [6.07, 6.45) is 0. The van der Waals surface area contributed by atoms with Crippen LogP contribution in [0.4, 0.5) is 4.39 Å². The lowest BCUT2D eigenvalue weighted by atomic mass is 9.93. The molecule has 0 bridgehead atoms. The number of hydrogen-bond donors (Lipinski definition) is 2. The van der Waals surface area contributed by atoms with Crippen LogP contribution < -0.4 is 10.0 Å². The third kappa shape index (κ3) is 4.00. The predicted molar refractivity (Wildman–Crippen MR) is 74.2 cm³/mol. The first-order chi connectivity index (χ1) is 9.64. The number of benzene rings is 1. The van der Waals surface area contributed by atoms with E-state index in [-0.39, 0.29) is 22.9 Å². The minimum Gasteiger partial charge on any atom is -0.359 e. The molecule has 0 unspecified atom stereocenters. The summed E-state index contributed by atoms with van der Waals surface area (Å²) in [6.45, 7) is 3.04. The molecule has 0 spiro atoms.